The molecule has 1 aliphatic rings. The minimum absolute atomic E-state index is 0.323. The quantitative estimate of drug-likeness (QED) is 0.177. The fourth-order valence-corrected chi connectivity index (χ4v) is 8.86. The maximum absolute atomic E-state index is 5.33. The summed E-state index contributed by atoms with van der Waals surface area (Å²) < 4.78 is 2.27. The van der Waals surface area contributed by atoms with Gasteiger partial charge in [-0.05, 0) is 91.0 Å². The molecule has 0 N–H and O–H groups in total. The summed E-state index contributed by atoms with van der Waals surface area (Å²) in [4.78, 5) is 15.6. The molecule has 244 valence electrons. The van der Waals surface area contributed by atoms with E-state index >= 15 is 0 Å². The van der Waals surface area contributed by atoms with E-state index in [1.54, 1.807) is 0 Å². The lowest BCUT2D eigenvalue weighted by atomic mass is 9.80. The fraction of sp³-hybridized carbons (Fsp3) is 0.0625. The Hall–Kier alpha value is -6.65. The van der Waals surface area contributed by atoms with Crippen molar-refractivity contribution in [2.75, 3.05) is 0 Å². The molecule has 7 aromatic carbocycles. The van der Waals surface area contributed by atoms with Crippen LogP contribution in [0, 0.1) is 0 Å². The number of hydrogen-bond acceptors (Lipinski definition) is 3. The molecule has 52 heavy (non-hydrogen) atoms. The zero-order valence-corrected chi connectivity index (χ0v) is 28.8. The van der Waals surface area contributed by atoms with E-state index in [2.05, 4.69) is 152 Å². The first-order valence-electron chi connectivity index (χ1n) is 17.9. The molecule has 1 aliphatic carbocycles. The van der Waals surface area contributed by atoms with E-state index in [9.17, 15) is 0 Å². The van der Waals surface area contributed by atoms with Gasteiger partial charge in [0, 0.05) is 28.1 Å². The van der Waals surface area contributed by atoms with Crippen LogP contribution in [0.4, 0.5) is 0 Å². The number of benzene rings is 7. The van der Waals surface area contributed by atoms with Gasteiger partial charge in [-0.15, -0.1) is 0 Å². The van der Waals surface area contributed by atoms with Gasteiger partial charge in [0.1, 0.15) is 0 Å². The van der Waals surface area contributed by atoms with Crippen LogP contribution in [0.1, 0.15) is 25.0 Å². The van der Waals surface area contributed by atoms with Crippen molar-refractivity contribution < 1.29 is 0 Å². The molecule has 10 aromatic rings. The third kappa shape index (κ3) is 4.00. The number of hydrogen-bond donors (Lipinski definition) is 0. The zero-order valence-electron chi connectivity index (χ0n) is 28.8. The Balaban J connectivity index is 1.25. The highest BCUT2D eigenvalue weighted by molar-refractivity contribution is 6.26. The van der Waals surface area contributed by atoms with E-state index in [0.29, 0.717) is 5.95 Å². The standard InChI is InChI=1S/C48H32N4/c1-48(2)40-27-38-34-21-12-10-19-32(34)31-18-9-11-20-33(31)37(38)26-39(40)35-23-24-36-45-43(22-13-25-49-45)52(46(36)44(35)48)47-50-41(29-14-5-3-6-15-29)28-42(51-47)30-16-7-4-8-17-30/h3-28H,1-2H3. The average Bonchev–Trinajstić information content (AvgIpc) is 3.66. The van der Waals surface area contributed by atoms with Crippen LogP contribution < -0.4 is 0 Å². The van der Waals surface area contributed by atoms with Gasteiger partial charge in [-0.1, -0.05) is 129 Å². The summed E-state index contributed by atoms with van der Waals surface area (Å²) in [6.45, 7) is 4.75. The van der Waals surface area contributed by atoms with Crippen LogP contribution in [-0.2, 0) is 5.41 Å². The highest BCUT2D eigenvalue weighted by atomic mass is 15.2. The Bertz CT molecular complexity index is 3030. The predicted molar refractivity (Wildman–Crippen MR) is 215 cm³/mol. The van der Waals surface area contributed by atoms with Gasteiger partial charge >= 0.3 is 0 Å². The Morgan fingerprint density at radius 3 is 1.65 bits per heavy atom. The summed E-state index contributed by atoms with van der Waals surface area (Å²) in [5, 5.41) is 8.82. The van der Waals surface area contributed by atoms with Gasteiger partial charge in [-0.2, -0.15) is 0 Å². The number of rotatable bonds is 3. The fourth-order valence-electron chi connectivity index (χ4n) is 8.86. The Morgan fingerprint density at radius 1 is 0.481 bits per heavy atom. The molecule has 0 spiro atoms. The van der Waals surface area contributed by atoms with Crippen LogP contribution in [0.25, 0.3) is 93.8 Å². The lowest BCUT2D eigenvalue weighted by Gasteiger charge is -2.24. The summed E-state index contributed by atoms with van der Waals surface area (Å²) in [7, 11) is 0. The molecule has 0 radical (unpaired) electrons. The van der Waals surface area contributed by atoms with Crippen LogP contribution >= 0.6 is 0 Å². The maximum atomic E-state index is 5.33. The zero-order chi connectivity index (χ0) is 34.6. The monoisotopic (exact) mass is 664 g/mol. The van der Waals surface area contributed by atoms with Crippen molar-refractivity contribution in [3.05, 3.63) is 169 Å². The first-order chi connectivity index (χ1) is 25.6. The van der Waals surface area contributed by atoms with Crippen LogP contribution in [0.5, 0.6) is 0 Å². The Labute approximate surface area is 300 Å². The first-order valence-corrected chi connectivity index (χ1v) is 17.9. The number of nitrogens with zero attached hydrogens (tertiary/aromatic N) is 4. The van der Waals surface area contributed by atoms with Gasteiger partial charge in [-0.25, -0.2) is 9.97 Å². The molecule has 3 aromatic heterocycles. The molecule has 0 amide bonds. The summed E-state index contributed by atoms with van der Waals surface area (Å²) in [6, 6.07) is 54.2. The van der Waals surface area contributed by atoms with Gasteiger partial charge < -0.3 is 0 Å². The van der Waals surface area contributed by atoms with Crippen molar-refractivity contribution in [2.45, 2.75) is 19.3 Å². The molecule has 0 bridgehead atoms. The minimum Gasteiger partial charge on any atom is -0.276 e. The maximum Gasteiger partial charge on any atom is 0.235 e. The second-order valence-corrected chi connectivity index (χ2v) is 14.4. The SMILES string of the molecule is CC1(C)c2cc3c4ccccc4c4ccccc4c3cc2-c2ccc3c4ncccc4n(-c4nc(-c5ccccc5)cc(-c5ccccc5)n4)c3c21. The van der Waals surface area contributed by atoms with Crippen molar-refractivity contribution >= 4 is 54.3 Å². The second-order valence-electron chi connectivity index (χ2n) is 14.4. The van der Waals surface area contributed by atoms with E-state index in [-0.39, 0.29) is 5.41 Å². The van der Waals surface area contributed by atoms with Gasteiger partial charge in [0.2, 0.25) is 5.95 Å². The van der Waals surface area contributed by atoms with Crippen molar-refractivity contribution in [2.24, 2.45) is 0 Å². The number of pyridine rings is 1. The molecule has 0 fully saturated rings. The summed E-state index contributed by atoms with van der Waals surface area (Å²) >= 11 is 0. The molecule has 0 saturated heterocycles. The highest BCUT2D eigenvalue weighted by Crippen LogP contribution is 2.54. The lowest BCUT2D eigenvalue weighted by molar-refractivity contribution is 0.664. The van der Waals surface area contributed by atoms with Crippen LogP contribution in [0.15, 0.2) is 158 Å². The molecule has 4 nitrogen and oxygen atoms in total. The molecule has 0 atom stereocenters. The smallest absolute Gasteiger partial charge is 0.235 e. The largest absolute Gasteiger partial charge is 0.276 e. The average molecular weight is 665 g/mol. The third-order valence-corrected chi connectivity index (χ3v) is 11.2. The molecule has 0 aliphatic heterocycles. The van der Waals surface area contributed by atoms with E-state index in [4.69, 9.17) is 15.0 Å². The van der Waals surface area contributed by atoms with E-state index in [1.165, 1.54) is 54.6 Å². The molecule has 3 heterocycles. The summed E-state index contributed by atoms with van der Waals surface area (Å²) in [5.41, 5.74) is 11.7. The Morgan fingerprint density at radius 2 is 1.04 bits per heavy atom. The molecular formula is C48H32N4. The van der Waals surface area contributed by atoms with E-state index in [1.807, 2.05) is 24.4 Å². The van der Waals surface area contributed by atoms with Gasteiger partial charge in [0.25, 0.3) is 0 Å². The molecule has 0 unspecified atom stereocenters. The molecule has 11 rings (SSSR count). The first kappa shape index (κ1) is 29.1. The number of fused-ring (bicyclic) bond motifs is 13. The van der Waals surface area contributed by atoms with Gasteiger partial charge in [-0.3, -0.25) is 9.55 Å². The van der Waals surface area contributed by atoms with Crippen LogP contribution in [-0.4, -0.2) is 19.5 Å². The normalized spacial score (nSPS) is 13.3. The molecule has 0 saturated carbocycles. The van der Waals surface area contributed by atoms with Crippen molar-refractivity contribution in [1.82, 2.24) is 19.5 Å². The minimum atomic E-state index is -0.323. The van der Waals surface area contributed by atoms with Crippen molar-refractivity contribution in [1.29, 1.82) is 0 Å². The van der Waals surface area contributed by atoms with E-state index in [0.717, 1.165) is 44.5 Å². The van der Waals surface area contributed by atoms with Gasteiger partial charge in [0.05, 0.1) is 27.9 Å². The van der Waals surface area contributed by atoms with Gasteiger partial charge in [0.15, 0.2) is 0 Å². The van der Waals surface area contributed by atoms with Crippen molar-refractivity contribution in [3.63, 3.8) is 0 Å². The lowest BCUT2D eigenvalue weighted by Crippen LogP contribution is -2.17. The summed E-state index contributed by atoms with van der Waals surface area (Å²) in [5.74, 6) is 0.635. The van der Waals surface area contributed by atoms with Crippen LogP contribution in [0.2, 0.25) is 0 Å². The number of aromatic nitrogens is 4. The molecular weight excluding hydrogens is 633 g/mol. The van der Waals surface area contributed by atoms with Crippen LogP contribution in [0.3, 0.4) is 0 Å². The predicted octanol–water partition coefficient (Wildman–Crippen LogP) is 12.1. The highest BCUT2D eigenvalue weighted by Gasteiger charge is 2.39. The second kappa shape index (κ2) is 10.7. The molecule has 4 heteroatoms. The Kier molecular flexibility index (Phi) is 5.98. The van der Waals surface area contributed by atoms with Crippen molar-refractivity contribution in [3.8, 4) is 39.6 Å². The van der Waals surface area contributed by atoms with E-state index < -0.39 is 0 Å². The third-order valence-electron chi connectivity index (χ3n) is 11.2. The topological polar surface area (TPSA) is 43.6 Å². The summed E-state index contributed by atoms with van der Waals surface area (Å²) in [6.07, 6.45) is 1.89.